The lowest BCUT2D eigenvalue weighted by atomic mass is 10.0. The molecular weight excluding hydrogens is 388 g/mol. The topological polar surface area (TPSA) is 208 Å². The molecule has 8 N–H and O–H groups in total. The van der Waals surface area contributed by atoms with Gasteiger partial charge in [-0.1, -0.05) is 13.8 Å². The fourth-order valence-electron chi connectivity index (χ4n) is 2.27. The Balaban J connectivity index is 5.14. The van der Waals surface area contributed by atoms with Crippen LogP contribution in [-0.2, 0) is 24.0 Å². The molecule has 0 aromatic rings. The number of amides is 3. The minimum Gasteiger partial charge on any atom is -0.481 e. The number of nitrogens with one attached hydrogen (secondary N) is 3. The van der Waals surface area contributed by atoms with Crippen LogP contribution in [0.1, 0.15) is 40.0 Å². The van der Waals surface area contributed by atoms with E-state index in [1.165, 1.54) is 6.92 Å². The van der Waals surface area contributed by atoms with Crippen molar-refractivity contribution in [1.29, 1.82) is 0 Å². The smallest absolute Gasteiger partial charge is 0.326 e. The van der Waals surface area contributed by atoms with Gasteiger partial charge in [0.2, 0.25) is 17.7 Å². The van der Waals surface area contributed by atoms with E-state index in [2.05, 4.69) is 16.0 Å². The molecule has 12 heteroatoms. The predicted octanol–water partition coefficient (Wildman–Crippen LogP) is -2.22. The first-order chi connectivity index (χ1) is 13.4. The molecule has 4 unspecified atom stereocenters. The van der Waals surface area contributed by atoms with Crippen LogP contribution in [0, 0.1) is 5.92 Å². The molecule has 29 heavy (non-hydrogen) atoms. The van der Waals surface area contributed by atoms with Gasteiger partial charge in [0.1, 0.15) is 18.1 Å². The van der Waals surface area contributed by atoms with E-state index in [-0.39, 0.29) is 18.8 Å². The molecule has 4 atom stereocenters. The van der Waals surface area contributed by atoms with E-state index < -0.39 is 66.9 Å². The Morgan fingerprint density at radius 1 is 0.828 bits per heavy atom. The summed E-state index contributed by atoms with van der Waals surface area (Å²) >= 11 is 0. The number of rotatable bonds is 13. The SMILES string of the molecule is CC(C)CC(NC(=O)C(C)N)C(=O)NC(CO)C(=O)NC(CCC(=O)O)C(=O)O. The maximum atomic E-state index is 12.5. The van der Waals surface area contributed by atoms with Crippen LogP contribution in [0.4, 0.5) is 0 Å². The van der Waals surface area contributed by atoms with Crippen molar-refractivity contribution >= 4 is 29.7 Å². The van der Waals surface area contributed by atoms with Crippen LogP contribution in [-0.4, -0.2) is 75.8 Å². The average Bonchev–Trinajstić information content (AvgIpc) is 2.60. The lowest BCUT2D eigenvalue weighted by Gasteiger charge is -2.24. The zero-order chi connectivity index (χ0) is 22.7. The minimum absolute atomic E-state index is 0.00735. The molecule has 0 saturated heterocycles. The largest absolute Gasteiger partial charge is 0.481 e. The molecule has 0 aromatic heterocycles. The number of carboxylic acid groups (broad SMARTS) is 2. The van der Waals surface area contributed by atoms with E-state index in [1.54, 1.807) is 0 Å². The molecule has 0 fully saturated rings. The van der Waals surface area contributed by atoms with Crippen molar-refractivity contribution in [1.82, 2.24) is 16.0 Å². The van der Waals surface area contributed by atoms with E-state index in [4.69, 9.17) is 15.9 Å². The number of hydrogen-bond acceptors (Lipinski definition) is 7. The summed E-state index contributed by atoms with van der Waals surface area (Å²) in [7, 11) is 0. The van der Waals surface area contributed by atoms with Gasteiger partial charge in [-0.05, 0) is 25.7 Å². The number of carboxylic acids is 2. The molecule has 0 spiro atoms. The van der Waals surface area contributed by atoms with Crippen LogP contribution in [0.15, 0.2) is 0 Å². The number of hydrogen-bond donors (Lipinski definition) is 7. The first-order valence-electron chi connectivity index (χ1n) is 9.11. The fraction of sp³-hybridized carbons (Fsp3) is 0.706. The molecule has 166 valence electrons. The molecule has 0 aliphatic heterocycles. The number of carbonyl (C=O) groups is 5. The number of aliphatic carboxylic acids is 2. The fourth-order valence-corrected chi connectivity index (χ4v) is 2.27. The molecular formula is C17H30N4O8. The maximum absolute atomic E-state index is 12.5. The highest BCUT2D eigenvalue weighted by molar-refractivity contribution is 5.94. The van der Waals surface area contributed by atoms with Gasteiger partial charge in [-0.15, -0.1) is 0 Å². The van der Waals surface area contributed by atoms with Crippen molar-refractivity contribution in [2.45, 2.75) is 64.2 Å². The Morgan fingerprint density at radius 3 is 1.72 bits per heavy atom. The van der Waals surface area contributed by atoms with Crippen molar-refractivity contribution in [3.05, 3.63) is 0 Å². The molecule has 0 heterocycles. The molecule has 0 rings (SSSR count). The third kappa shape index (κ3) is 10.4. The van der Waals surface area contributed by atoms with Crippen LogP contribution >= 0.6 is 0 Å². The second-order valence-corrected chi connectivity index (χ2v) is 7.05. The minimum atomic E-state index is -1.51. The van der Waals surface area contributed by atoms with Crippen molar-refractivity contribution in [3.63, 3.8) is 0 Å². The van der Waals surface area contributed by atoms with Crippen molar-refractivity contribution in [2.75, 3.05) is 6.61 Å². The molecule has 0 radical (unpaired) electrons. The number of aliphatic hydroxyl groups is 1. The molecule has 0 saturated carbocycles. The maximum Gasteiger partial charge on any atom is 0.326 e. The van der Waals surface area contributed by atoms with E-state index >= 15 is 0 Å². The highest BCUT2D eigenvalue weighted by Gasteiger charge is 2.30. The quantitative estimate of drug-likeness (QED) is 0.172. The van der Waals surface area contributed by atoms with Crippen LogP contribution in [0.2, 0.25) is 0 Å². The van der Waals surface area contributed by atoms with Gasteiger partial charge in [-0.3, -0.25) is 19.2 Å². The van der Waals surface area contributed by atoms with E-state index in [1.807, 2.05) is 13.8 Å². The standard InChI is InChI=1S/C17H30N4O8/c1-8(2)6-11(20-14(25)9(3)18)15(26)21-12(7-22)16(27)19-10(17(28)29)4-5-13(23)24/h8-12,22H,4-7,18H2,1-3H3,(H,19,27)(H,20,25)(H,21,26)(H,23,24)(H,28,29). The third-order valence-electron chi connectivity index (χ3n) is 3.83. The lowest BCUT2D eigenvalue weighted by molar-refractivity contribution is -0.143. The molecule has 0 aliphatic carbocycles. The second-order valence-electron chi connectivity index (χ2n) is 7.05. The zero-order valence-corrected chi connectivity index (χ0v) is 16.7. The number of aliphatic hydroxyl groups excluding tert-OH is 1. The van der Waals surface area contributed by atoms with Gasteiger partial charge in [0, 0.05) is 6.42 Å². The summed E-state index contributed by atoms with van der Waals surface area (Å²) in [5, 5.41) is 34.0. The second kappa shape index (κ2) is 12.7. The third-order valence-corrected chi connectivity index (χ3v) is 3.83. The van der Waals surface area contributed by atoms with Gasteiger partial charge in [0.05, 0.1) is 12.6 Å². The van der Waals surface area contributed by atoms with E-state index in [0.717, 1.165) is 0 Å². The van der Waals surface area contributed by atoms with Gasteiger partial charge in [0.25, 0.3) is 0 Å². The molecule has 3 amide bonds. The van der Waals surface area contributed by atoms with Gasteiger partial charge < -0.3 is 37.0 Å². The van der Waals surface area contributed by atoms with Crippen LogP contribution in [0.3, 0.4) is 0 Å². The molecule has 0 bridgehead atoms. The molecule has 12 nitrogen and oxygen atoms in total. The summed E-state index contributed by atoms with van der Waals surface area (Å²) in [6, 6.07) is -4.87. The first-order valence-corrected chi connectivity index (χ1v) is 9.11. The summed E-state index contributed by atoms with van der Waals surface area (Å²) < 4.78 is 0. The number of nitrogens with two attached hydrogens (primary N) is 1. The predicted molar refractivity (Wildman–Crippen MR) is 100 cm³/mol. The summed E-state index contributed by atoms with van der Waals surface area (Å²) in [5.41, 5.74) is 5.48. The summed E-state index contributed by atoms with van der Waals surface area (Å²) in [4.78, 5) is 58.3. The Labute approximate surface area is 168 Å². The highest BCUT2D eigenvalue weighted by Crippen LogP contribution is 2.06. The van der Waals surface area contributed by atoms with Crippen LogP contribution in [0.25, 0.3) is 0 Å². The van der Waals surface area contributed by atoms with Crippen LogP contribution < -0.4 is 21.7 Å². The zero-order valence-electron chi connectivity index (χ0n) is 16.7. The first kappa shape index (κ1) is 26.3. The number of carbonyl (C=O) groups excluding carboxylic acids is 3. The van der Waals surface area contributed by atoms with Gasteiger partial charge in [0.15, 0.2) is 0 Å². The van der Waals surface area contributed by atoms with E-state index in [9.17, 15) is 29.1 Å². The Hall–Kier alpha value is -2.73. The van der Waals surface area contributed by atoms with Gasteiger partial charge in [-0.2, -0.15) is 0 Å². The Bertz CT molecular complexity index is 608. The monoisotopic (exact) mass is 418 g/mol. The molecule has 0 aliphatic rings. The van der Waals surface area contributed by atoms with Crippen LogP contribution in [0.5, 0.6) is 0 Å². The summed E-state index contributed by atoms with van der Waals surface area (Å²) in [6.45, 7) is 4.23. The van der Waals surface area contributed by atoms with E-state index in [0.29, 0.717) is 0 Å². The summed E-state index contributed by atoms with van der Waals surface area (Å²) in [5.74, 6) is -5.01. The lowest BCUT2D eigenvalue weighted by Crippen LogP contribution is -2.58. The highest BCUT2D eigenvalue weighted by atomic mass is 16.4. The normalized spacial score (nSPS) is 15.0. The molecule has 0 aromatic carbocycles. The van der Waals surface area contributed by atoms with Crippen molar-refractivity contribution < 1.29 is 39.3 Å². The van der Waals surface area contributed by atoms with Gasteiger partial charge in [-0.25, -0.2) is 4.79 Å². The van der Waals surface area contributed by atoms with Gasteiger partial charge >= 0.3 is 11.9 Å². The average molecular weight is 418 g/mol. The summed E-state index contributed by atoms with van der Waals surface area (Å²) in [6.07, 6.45) is -0.628. The van der Waals surface area contributed by atoms with Crippen molar-refractivity contribution in [3.8, 4) is 0 Å². The Morgan fingerprint density at radius 2 is 1.31 bits per heavy atom. The Kier molecular flexibility index (Phi) is 11.5. The van der Waals surface area contributed by atoms with Crippen molar-refractivity contribution in [2.24, 2.45) is 11.7 Å².